The van der Waals surface area contributed by atoms with Crippen molar-refractivity contribution in [2.24, 2.45) is 23.7 Å². The molecule has 3 aromatic carbocycles. The van der Waals surface area contributed by atoms with Crippen LogP contribution in [0.3, 0.4) is 0 Å². The second-order valence-corrected chi connectivity index (χ2v) is 14.4. The maximum atomic E-state index is 15.3. The highest BCUT2D eigenvalue weighted by molar-refractivity contribution is 9.10. The minimum atomic E-state index is -1.62. The van der Waals surface area contributed by atoms with Crippen LogP contribution >= 0.6 is 39.1 Å². The maximum Gasteiger partial charge on any atom is 0.260 e. The number of rotatable bonds is 7. The summed E-state index contributed by atoms with van der Waals surface area (Å²) in [6.07, 6.45) is 2.31. The second-order valence-electron chi connectivity index (χ2n) is 12.7. The van der Waals surface area contributed by atoms with E-state index in [9.17, 15) is 19.5 Å². The van der Waals surface area contributed by atoms with E-state index in [-0.39, 0.29) is 53.4 Å². The van der Waals surface area contributed by atoms with Crippen molar-refractivity contribution in [2.45, 2.75) is 31.1 Å². The first-order chi connectivity index (χ1) is 23.5. The number of nitrogens with one attached hydrogen (secondary N) is 1. The highest BCUT2D eigenvalue weighted by Gasteiger charge is 2.70. The van der Waals surface area contributed by atoms with E-state index in [2.05, 4.69) is 21.4 Å². The first kappa shape index (κ1) is 33.4. The van der Waals surface area contributed by atoms with Crippen LogP contribution in [0.1, 0.15) is 36.8 Å². The Morgan fingerprint density at radius 2 is 1.69 bits per heavy atom. The molecule has 6 atom stereocenters. The topological polar surface area (TPSA) is 125 Å². The molecule has 7 rings (SSSR count). The third-order valence-corrected chi connectivity index (χ3v) is 11.6. The number of hydrogen-bond donors (Lipinski definition) is 2. The van der Waals surface area contributed by atoms with Gasteiger partial charge in [0.2, 0.25) is 11.8 Å². The van der Waals surface area contributed by atoms with E-state index in [0.29, 0.717) is 31.9 Å². The van der Waals surface area contributed by atoms with Crippen LogP contribution in [-0.4, -0.2) is 59.4 Å². The SMILES string of the molecule is CCN1C(=O)C2CC=C3C(CC4C(=O)N(Nc5ccc(Cl)cc5Cl)C(=O)C4(c4ccc(OC)cc4)C3c3cc(Br)cc(OC)c3O)C2C1=O. The average molecular weight is 769 g/mol. The van der Waals surface area contributed by atoms with E-state index in [1.54, 1.807) is 55.5 Å². The summed E-state index contributed by atoms with van der Waals surface area (Å²) < 4.78 is 11.6. The number of methoxy groups -OCH3 is 2. The minimum Gasteiger partial charge on any atom is -0.504 e. The molecule has 6 unspecified atom stereocenters. The second kappa shape index (κ2) is 12.4. The number of phenols is 1. The third kappa shape index (κ3) is 4.87. The average Bonchev–Trinajstić information content (AvgIpc) is 3.47. The molecule has 0 spiro atoms. The lowest BCUT2D eigenvalue weighted by Crippen LogP contribution is -2.53. The van der Waals surface area contributed by atoms with Gasteiger partial charge >= 0.3 is 0 Å². The number of hydrazine groups is 1. The zero-order valence-corrected chi connectivity index (χ0v) is 29.8. The van der Waals surface area contributed by atoms with Crippen molar-refractivity contribution >= 4 is 68.4 Å². The molecule has 4 amide bonds. The zero-order valence-electron chi connectivity index (χ0n) is 26.7. The Morgan fingerprint density at radius 3 is 2.35 bits per heavy atom. The molecule has 0 radical (unpaired) electrons. The number of hydrogen-bond acceptors (Lipinski definition) is 8. The Morgan fingerprint density at radius 1 is 0.959 bits per heavy atom. The van der Waals surface area contributed by atoms with Crippen molar-refractivity contribution in [1.82, 2.24) is 9.91 Å². The van der Waals surface area contributed by atoms with E-state index >= 15 is 4.79 Å². The molecule has 10 nitrogen and oxygen atoms in total. The predicted molar refractivity (Wildman–Crippen MR) is 185 cm³/mol. The van der Waals surface area contributed by atoms with Crippen molar-refractivity contribution in [3.05, 3.63) is 91.9 Å². The van der Waals surface area contributed by atoms with Gasteiger partial charge in [0, 0.05) is 27.5 Å². The highest BCUT2D eigenvalue weighted by atomic mass is 79.9. The number of likely N-dealkylation sites (tertiary alicyclic amines) is 1. The van der Waals surface area contributed by atoms with E-state index in [4.69, 9.17) is 32.7 Å². The number of allylic oxidation sites excluding steroid dienone is 2. The first-order valence-electron chi connectivity index (χ1n) is 15.8. The summed E-state index contributed by atoms with van der Waals surface area (Å²) in [4.78, 5) is 58.7. The number of aromatic hydroxyl groups is 1. The predicted octanol–water partition coefficient (Wildman–Crippen LogP) is 6.48. The first-order valence-corrected chi connectivity index (χ1v) is 17.4. The van der Waals surface area contributed by atoms with Crippen LogP contribution < -0.4 is 14.9 Å². The number of anilines is 1. The number of carbonyl (C=O) groups is 4. The summed E-state index contributed by atoms with van der Waals surface area (Å²) >= 11 is 16.2. The Hall–Kier alpha value is -4.06. The number of halogens is 3. The highest BCUT2D eigenvalue weighted by Crippen LogP contribution is 2.65. The van der Waals surface area contributed by atoms with Crippen molar-refractivity contribution in [1.29, 1.82) is 0 Å². The molecule has 2 heterocycles. The van der Waals surface area contributed by atoms with Crippen LogP contribution in [-0.2, 0) is 24.6 Å². The lowest BCUT2D eigenvalue weighted by Gasteiger charge is -2.50. The number of fused-ring (bicyclic) bond motifs is 4. The summed E-state index contributed by atoms with van der Waals surface area (Å²) in [5.74, 6) is -5.02. The normalized spacial score (nSPS) is 27.5. The van der Waals surface area contributed by atoms with Gasteiger partial charge in [-0.15, -0.1) is 0 Å². The van der Waals surface area contributed by atoms with E-state index in [0.717, 1.165) is 5.01 Å². The zero-order chi connectivity index (χ0) is 34.9. The largest absolute Gasteiger partial charge is 0.504 e. The van der Waals surface area contributed by atoms with Gasteiger partial charge in [0.15, 0.2) is 11.5 Å². The quantitative estimate of drug-likeness (QED) is 0.207. The van der Waals surface area contributed by atoms with E-state index in [1.807, 2.05) is 6.08 Å². The standard InChI is InChI=1S/C36H32BrCl2N3O7/c1-4-41-32(44)22-11-10-21-23(29(22)34(41)46)16-25-33(45)42(40-27-12-7-19(38)15-26(27)39)35(47)36(25,17-5-8-20(48-2)9-6-17)30(21)24-13-18(37)14-28(49-3)31(24)43/h5-10,12-15,22-23,25,29-30,40,43H,4,11,16H2,1-3H3. The molecule has 2 aliphatic heterocycles. The van der Waals surface area contributed by atoms with Gasteiger partial charge in [0.25, 0.3) is 11.8 Å². The lowest BCUT2D eigenvalue weighted by molar-refractivity contribution is -0.141. The van der Waals surface area contributed by atoms with Crippen LogP contribution in [0.4, 0.5) is 5.69 Å². The van der Waals surface area contributed by atoms with Crippen LogP contribution in [0.5, 0.6) is 17.2 Å². The van der Waals surface area contributed by atoms with Gasteiger partial charge in [0.1, 0.15) is 5.75 Å². The molecule has 1 saturated carbocycles. The fourth-order valence-electron chi connectivity index (χ4n) is 8.53. The number of imide groups is 2. The van der Waals surface area contributed by atoms with Crippen LogP contribution in [0.25, 0.3) is 0 Å². The fraction of sp³-hybridized carbons (Fsp3) is 0.333. The molecule has 4 aliphatic rings. The van der Waals surface area contributed by atoms with Gasteiger partial charge in [-0.05, 0) is 73.7 Å². The Bertz CT molecular complexity index is 1950. The number of amides is 4. The van der Waals surface area contributed by atoms with Crippen molar-refractivity contribution in [2.75, 3.05) is 26.2 Å². The summed E-state index contributed by atoms with van der Waals surface area (Å²) in [6.45, 7) is 1.99. The molecular weight excluding hydrogens is 737 g/mol. The molecule has 2 N–H and O–H groups in total. The van der Waals surface area contributed by atoms with Gasteiger partial charge in [-0.1, -0.05) is 62.9 Å². The van der Waals surface area contributed by atoms with Crippen LogP contribution in [0, 0.1) is 23.7 Å². The van der Waals surface area contributed by atoms with E-state index in [1.165, 1.54) is 25.2 Å². The van der Waals surface area contributed by atoms with Gasteiger partial charge < -0.3 is 14.6 Å². The molecule has 13 heteroatoms. The number of carbonyl (C=O) groups excluding carboxylic acids is 4. The molecule has 3 fully saturated rings. The van der Waals surface area contributed by atoms with Gasteiger partial charge in [-0.2, -0.15) is 5.01 Å². The van der Waals surface area contributed by atoms with Gasteiger partial charge in [-0.3, -0.25) is 29.5 Å². The van der Waals surface area contributed by atoms with Crippen LogP contribution in [0.2, 0.25) is 10.0 Å². The Labute approximate surface area is 301 Å². The van der Waals surface area contributed by atoms with Gasteiger partial charge in [-0.25, -0.2) is 0 Å². The monoisotopic (exact) mass is 767 g/mol. The molecule has 254 valence electrons. The maximum absolute atomic E-state index is 15.3. The number of ether oxygens (including phenoxy) is 2. The Kier molecular flexibility index (Phi) is 8.44. The molecule has 3 aromatic rings. The van der Waals surface area contributed by atoms with Gasteiger partial charge in [0.05, 0.1) is 48.1 Å². The summed E-state index contributed by atoms with van der Waals surface area (Å²) in [6, 6.07) is 14.9. The summed E-state index contributed by atoms with van der Waals surface area (Å²) in [5, 5.41) is 13.4. The molecule has 49 heavy (non-hydrogen) atoms. The van der Waals surface area contributed by atoms with Crippen molar-refractivity contribution in [3.63, 3.8) is 0 Å². The smallest absolute Gasteiger partial charge is 0.260 e. The number of nitrogens with zero attached hydrogens (tertiary/aromatic N) is 2. The molecule has 2 saturated heterocycles. The Balaban J connectivity index is 1.51. The molecule has 0 aromatic heterocycles. The number of phenolic OH excluding ortho intramolecular Hbond substituents is 1. The number of benzene rings is 3. The van der Waals surface area contributed by atoms with Crippen LogP contribution in [0.15, 0.2) is 70.7 Å². The fourth-order valence-corrected chi connectivity index (χ4v) is 9.44. The minimum absolute atomic E-state index is 0.106. The van der Waals surface area contributed by atoms with E-state index < -0.39 is 46.8 Å². The summed E-state index contributed by atoms with van der Waals surface area (Å²) in [5.41, 5.74) is 3.17. The lowest BCUT2D eigenvalue weighted by atomic mass is 9.49. The molecule has 2 aliphatic carbocycles. The summed E-state index contributed by atoms with van der Waals surface area (Å²) in [7, 11) is 2.96. The third-order valence-electron chi connectivity index (χ3n) is 10.6. The van der Waals surface area contributed by atoms with Crippen molar-refractivity contribution in [3.8, 4) is 17.2 Å². The van der Waals surface area contributed by atoms with Crippen molar-refractivity contribution < 1.29 is 33.8 Å². The molecular formula is C36H32BrCl2N3O7. The molecule has 0 bridgehead atoms.